The topological polar surface area (TPSA) is 54.2 Å². The molecular weight excluding hydrogens is 410 g/mol. The molecule has 30 heavy (non-hydrogen) atoms. The summed E-state index contributed by atoms with van der Waals surface area (Å²) in [6.07, 6.45) is 3.35. The number of nitrogens with zero attached hydrogens (tertiary/aromatic N) is 3. The maximum absolute atomic E-state index is 14.5. The van der Waals surface area contributed by atoms with Crippen LogP contribution in [0.3, 0.4) is 0 Å². The van der Waals surface area contributed by atoms with Crippen molar-refractivity contribution in [2.24, 2.45) is 0 Å². The first-order chi connectivity index (χ1) is 14.4. The minimum Gasteiger partial charge on any atom is -0.384 e. The normalized spacial score (nSPS) is 17.1. The van der Waals surface area contributed by atoms with Crippen molar-refractivity contribution in [3.8, 4) is 0 Å². The monoisotopic (exact) mass is 434 g/mol. The highest BCUT2D eigenvalue weighted by atomic mass is 35.5. The van der Waals surface area contributed by atoms with Crippen molar-refractivity contribution >= 4 is 17.2 Å². The van der Waals surface area contributed by atoms with Gasteiger partial charge in [-0.25, -0.2) is 8.78 Å². The zero-order valence-corrected chi connectivity index (χ0v) is 18.1. The van der Waals surface area contributed by atoms with Crippen LogP contribution in [0.2, 0.25) is 5.02 Å². The Kier molecular flexibility index (Phi) is 6.92. The molecule has 1 N–H and O–H groups in total. The first-order valence-electron chi connectivity index (χ1n) is 9.88. The summed E-state index contributed by atoms with van der Waals surface area (Å²) < 4.78 is 33.9. The minimum atomic E-state index is -0.644. The number of benzene rings is 1. The molecule has 1 saturated heterocycles. The van der Waals surface area contributed by atoms with Crippen molar-refractivity contribution < 1.29 is 13.3 Å². The van der Waals surface area contributed by atoms with Gasteiger partial charge < -0.3 is 14.7 Å². The average molecular weight is 435 g/mol. The molecule has 0 aliphatic carbocycles. The van der Waals surface area contributed by atoms with Crippen LogP contribution in [0.5, 0.6) is 0 Å². The van der Waals surface area contributed by atoms with Gasteiger partial charge in [-0.05, 0) is 38.0 Å². The van der Waals surface area contributed by atoms with Crippen LogP contribution in [0.4, 0.5) is 8.78 Å². The van der Waals surface area contributed by atoms with E-state index >= 15 is 0 Å². The highest BCUT2D eigenvalue weighted by Crippen LogP contribution is 2.32. The number of halogens is 3. The number of hydrogen-bond acceptors (Lipinski definition) is 5. The van der Waals surface area contributed by atoms with Crippen molar-refractivity contribution in [2.75, 3.05) is 13.1 Å². The molecule has 2 aromatic rings. The highest BCUT2D eigenvalue weighted by Gasteiger charge is 2.25. The summed E-state index contributed by atoms with van der Waals surface area (Å²) >= 11 is 6.09. The Labute approximate surface area is 180 Å². The Morgan fingerprint density at radius 2 is 2.10 bits per heavy atom. The predicted octanol–water partition coefficient (Wildman–Crippen LogP) is 5.25. The molecule has 0 saturated carbocycles. The van der Waals surface area contributed by atoms with Crippen LogP contribution in [0.15, 0.2) is 46.3 Å². The van der Waals surface area contributed by atoms with Gasteiger partial charge in [0, 0.05) is 37.2 Å². The molecule has 1 aromatic heterocycles. The summed E-state index contributed by atoms with van der Waals surface area (Å²) in [4.78, 5) is 6.39. The fourth-order valence-electron chi connectivity index (χ4n) is 3.56. The Hall–Kier alpha value is -2.67. The van der Waals surface area contributed by atoms with Crippen LogP contribution >= 0.6 is 11.6 Å². The summed E-state index contributed by atoms with van der Waals surface area (Å²) in [5, 5.41) is 7.07. The standard InChI is InChI=1S/C22H25ClF2N4O/c1-5-15(22-27-19(6-2)28-30-22)13(3)21-14(4)26-10-7-11-29(21)12-16-17(24)8-9-18(25)20(16)23/h5,8-9,26H,4,6-7,10-12H2,1-3H3/b15-5+,21-13+. The van der Waals surface area contributed by atoms with Crippen LogP contribution in [0.1, 0.15) is 44.5 Å². The maximum Gasteiger partial charge on any atom is 0.257 e. The first-order valence-corrected chi connectivity index (χ1v) is 10.3. The fourth-order valence-corrected chi connectivity index (χ4v) is 3.77. The van der Waals surface area contributed by atoms with Gasteiger partial charge in [0.2, 0.25) is 0 Å². The number of allylic oxidation sites excluding steroid dienone is 3. The molecule has 1 fully saturated rings. The third-order valence-corrected chi connectivity index (χ3v) is 5.50. The number of nitrogens with one attached hydrogen (secondary N) is 1. The van der Waals surface area contributed by atoms with E-state index in [4.69, 9.17) is 16.1 Å². The fraction of sp³-hybridized carbons (Fsp3) is 0.364. The van der Waals surface area contributed by atoms with Crippen molar-refractivity contribution in [3.63, 3.8) is 0 Å². The lowest BCUT2D eigenvalue weighted by molar-refractivity contribution is 0.340. The SMILES string of the molecule is C=C1NCCCN(Cc2c(F)ccc(F)c2Cl)/C1=C(C)/C(=C\C)c1nc(CC)no1. The molecule has 2 heterocycles. The van der Waals surface area contributed by atoms with Crippen LogP contribution in [-0.2, 0) is 13.0 Å². The van der Waals surface area contributed by atoms with Crippen LogP contribution < -0.4 is 5.32 Å². The summed E-state index contributed by atoms with van der Waals surface area (Å²) in [7, 11) is 0. The Morgan fingerprint density at radius 3 is 2.77 bits per heavy atom. The van der Waals surface area contributed by atoms with E-state index in [1.807, 2.05) is 31.7 Å². The second-order valence-electron chi connectivity index (χ2n) is 7.05. The molecule has 5 nitrogen and oxygen atoms in total. The van der Waals surface area contributed by atoms with E-state index < -0.39 is 11.6 Å². The lowest BCUT2D eigenvalue weighted by atomic mass is 10.0. The predicted molar refractivity (Wildman–Crippen MR) is 114 cm³/mol. The zero-order valence-electron chi connectivity index (χ0n) is 17.4. The quantitative estimate of drug-likeness (QED) is 0.651. The molecule has 1 aliphatic rings. The average Bonchev–Trinajstić information content (AvgIpc) is 3.12. The molecule has 3 rings (SSSR count). The number of hydrogen-bond donors (Lipinski definition) is 1. The van der Waals surface area contributed by atoms with Crippen molar-refractivity contribution in [3.05, 3.63) is 75.7 Å². The van der Waals surface area contributed by atoms with Crippen molar-refractivity contribution in [2.45, 2.75) is 40.2 Å². The first kappa shape index (κ1) is 22.0. The summed E-state index contributed by atoms with van der Waals surface area (Å²) in [6.45, 7) is 11.4. The van der Waals surface area contributed by atoms with Crippen molar-refractivity contribution in [1.82, 2.24) is 20.4 Å². The molecule has 1 aromatic carbocycles. The van der Waals surface area contributed by atoms with Gasteiger partial charge in [0.25, 0.3) is 5.89 Å². The molecule has 0 radical (unpaired) electrons. The Bertz CT molecular complexity index is 1010. The number of aryl methyl sites for hydroxylation is 1. The second kappa shape index (κ2) is 9.43. The van der Waals surface area contributed by atoms with Crippen LogP contribution in [-0.4, -0.2) is 28.1 Å². The second-order valence-corrected chi connectivity index (χ2v) is 7.43. The molecule has 160 valence electrons. The summed E-state index contributed by atoms with van der Waals surface area (Å²) in [5.41, 5.74) is 3.18. The molecule has 1 aliphatic heterocycles. The highest BCUT2D eigenvalue weighted by molar-refractivity contribution is 6.31. The van der Waals surface area contributed by atoms with E-state index in [-0.39, 0.29) is 17.1 Å². The van der Waals surface area contributed by atoms with Crippen LogP contribution in [0, 0.1) is 11.6 Å². The van der Waals surface area contributed by atoms with Gasteiger partial charge in [-0.1, -0.05) is 36.3 Å². The third kappa shape index (κ3) is 4.41. The van der Waals surface area contributed by atoms with Gasteiger partial charge in [0.1, 0.15) is 11.6 Å². The van der Waals surface area contributed by atoms with E-state index in [9.17, 15) is 8.78 Å². The lowest BCUT2D eigenvalue weighted by Gasteiger charge is -2.29. The number of aromatic nitrogens is 2. The molecule has 8 heteroatoms. The Morgan fingerprint density at radius 1 is 1.37 bits per heavy atom. The van der Waals surface area contributed by atoms with Gasteiger partial charge in [-0.3, -0.25) is 0 Å². The molecule has 0 bridgehead atoms. The van der Waals surface area contributed by atoms with E-state index in [1.54, 1.807) is 0 Å². The summed E-state index contributed by atoms with van der Waals surface area (Å²) in [6, 6.07) is 2.13. The molecule has 0 amide bonds. The van der Waals surface area contributed by atoms with Crippen LogP contribution in [0.25, 0.3) is 5.57 Å². The largest absolute Gasteiger partial charge is 0.384 e. The van der Waals surface area contributed by atoms with Gasteiger partial charge >= 0.3 is 0 Å². The van der Waals surface area contributed by atoms with E-state index in [1.165, 1.54) is 0 Å². The van der Waals surface area contributed by atoms with Gasteiger partial charge in [0.05, 0.1) is 16.4 Å². The van der Waals surface area contributed by atoms with E-state index in [0.29, 0.717) is 30.4 Å². The number of rotatable bonds is 5. The van der Waals surface area contributed by atoms with Crippen molar-refractivity contribution in [1.29, 1.82) is 0 Å². The van der Waals surface area contributed by atoms with Gasteiger partial charge in [-0.15, -0.1) is 0 Å². The third-order valence-electron chi connectivity index (χ3n) is 5.10. The van der Waals surface area contributed by atoms with E-state index in [0.717, 1.165) is 41.9 Å². The maximum atomic E-state index is 14.5. The van der Waals surface area contributed by atoms with Gasteiger partial charge in [0.15, 0.2) is 5.82 Å². The molecule has 0 unspecified atom stereocenters. The van der Waals surface area contributed by atoms with E-state index in [2.05, 4.69) is 22.0 Å². The molecular formula is C22H25ClF2N4O. The van der Waals surface area contributed by atoms with Gasteiger partial charge in [-0.2, -0.15) is 4.98 Å². The lowest BCUT2D eigenvalue weighted by Crippen LogP contribution is -2.26. The smallest absolute Gasteiger partial charge is 0.257 e. The minimum absolute atomic E-state index is 0.108. The zero-order chi connectivity index (χ0) is 21.8. The molecule has 0 spiro atoms. The molecule has 0 atom stereocenters. The Balaban J connectivity index is 2.07. The summed E-state index contributed by atoms with van der Waals surface area (Å²) in [5.74, 6) is -0.164.